The number of aromatic nitrogens is 1. The van der Waals surface area contributed by atoms with Gasteiger partial charge < -0.3 is 5.11 Å². The van der Waals surface area contributed by atoms with Crippen molar-refractivity contribution in [3.63, 3.8) is 0 Å². The van der Waals surface area contributed by atoms with Gasteiger partial charge in [-0.1, -0.05) is 42.0 Å². The first-order valence-electron chi connectivity index (χ1n) is 8.25. The highest BCUT2D eigenvalue weighted by atomic mass is 32.2. The van der Waals surface area contributed by atoms with Crippen LogP contribution in [0.5, 0.6) is 0 Å². The van der Waals surface area contributed by atoms with Crippen molar-refractivity contribution >= 4 is 16.1 Å². The second kappa shape index (κ2) is 5.86. The molecule has 4 rings (SSSR count). The van der Waals surface area contributed by atoms with Gasteiger partial charge in [0.25, 0.3) is 10.0 Å². The Bertz CT molecular complexity index is 1020. The summed E-state index contributed by atoms with van der Waals surface area (Å²) in [6, 6.07) is 8.49. The van der Waals surface area contributed by atoms with Gasteiger partial charge in [0.15, 0.2) is 0 Å². The highest BCUT2D eigenvalue weighted by Crippen LogP contribution is 2.35. The van der Waals surface area contributed by atoms with Gasteiger partial charge in [0.1, 0.15) is 0 Å². The second-order valence-electron chi connectivity index (χ2n) is 6.48. The Labute approximate surface area is 147 Å². The van der Waals surface area contributed by atoms with Crippen molar-refractivity contribution in [3.8, 4) is 0 Å². The van der Waals surface area contributed by atoms with E-state index in [1.165, 1.54) is 15.7 Å². The Morgan fingerprint density at radius 3 is 2.56 bits per heavy atom. The number of aryl methyl sites for hydroxylation is 1. The van der Waals surface area contributed by atoms with Crippen LogP contribution >= 0.6 is 0 Å². The first kappa shape index (κ1) is 16.1. The van der Waals surface area contributed by atoms with Crippen molar-refractivity contribution in [1.29, 1.82) is 0 Å². The topological polar surface area (TPSA) is 59.3 Å². The third-order valence-corrected chi connectivity index (χ3v) is 6.47. The minimum atomic E-state index is -3.75. The monoisotopic (exact) mass is 353 g/mol. The van der Waals surface area contributed by atoms with Crippen LogP contribution in [0.3, 0.4) is 0 Å². The standard InChI is InChI=1S/C20H19NO3S/c1-14-5-9-18(10-6-14)25(23,24)21-12-11-16-8-7-15-3-2-4-17(15)13-19(22)20(16)21/h2,4-12,19,22H,3,13H2,1H3. The number of aliphatic hydroxyl groups excluding tert-OH is 1. The first-order chi connectivity index (χ1) is 12.0. The Morgan fingerprint density at radius 2 is 1.80 bits per heavy atom. The number of hydrogen-bond donors (Lipinski definition) is 1. The van der Waals surface area contributed by atoms with Crippen molar-refractivity contribution in [2.45, 2.75) is 30.8 Å². The number of nitrogens with zero attached hydrogens (tertiary/aromatic N) is 1. The molecule has 0 bridgehead atoms. The maximum atomic E-state index is 13.1. The largest absolute Gasteiger partial charge is 0.386 e. The summed E-state index contributed by atoms with van der Waals surface area (Å²) in [5.74, 6) is 0. The fourth-order valence-corrected chi connectivity index (χ4v) is 4.80. The predicted octanol–water partition coefficient (Wildman–Crippen LogP) is 3.74. The highest BCUT2D eigenvalue weighted by Gasteiger charge is 2.27. The van der Waals surface area contributed by atoms with Gasteiger partial charge in [-0.15, -0.1) is 0 Å². The van der Waals surface area contributed by atoms with Crippen LogP contribution in [0, 0.1) is 6.92 Å². The van der Waals surface area contributed by atoms with Crippen LogP contribution in [0.2, 0.25) is 0 Å². The Hall–Kier alpha value is -2.37. The summed E-state index contributed by atoms with van der Waals surface area (Å²) in [4.78, 5) is 0.218. The molecular formula is C20H19NO3S. The van der Waals surface area contributed by atoms with E-state index >= 15 is 0 Å². The molecule has 0 radical (unpaired) electrons. The molecule has 128 valence electrons. The van der Waals surface area contributed by atoms with Crippen molar-refractivity contribution in [2.24, 2.45) is 0 Å². The molecule has 0 aliphatic heterocycles. The van der Waals surface area contributed by atoms with Crippen molar-refractivity contribution in [1.82, 2.24) is 3.97 Å². The molecule has 1 aromatic carbocycles. The third kappa shape index (κ3) is 2.69. The number of allylic oxidation sites excluding steroid dienone is 4. The average Bonchev–Trinajstić information content (AvgIpc) is 3.18. The highest BCUT2D eigenvalue weighted by molar-refractivity contribution is 7.90. The van der Waals surface area contributed by atoms with Crippen LogP contribution < -0.4 is 0 Å². The van der Waals surface area contributed by atoms with Gasteiger partial charge in [-0.05, 0) is 48.3 Å². The normalized spacial score (nSPS) is 19.5. The zero-order valence-electron chi connectivity index (χ0n) is 13.9. The minimum absolute atomic E-state index is 0.218. The summed E-state index contributed by atoms with van der Waals surface area (Å²) in [6.45, 7) is 1.91. The third-order valence-electron chi connectivity index (χ3n) is 4.76. The molecule has 2 aliphatic rings. The van der Waals surface area contributed by atoms with Gasteiger partial charge in [0.05, 0.1) is 16.7 Å². The van der Waals surface area contributed by atoms with E-state index in [0.717, 1.165) is 23.1 Å². The van der Waals surface area contributed by atoms with E-state index in [9.17, 15) is 13.5 Å². The molecule has 1 heterocycles. The summed E-state index contributed by atoms with van der Waals surface area (Å²) >= 11 is 0. The first-order valence-corrected chi connectivity index (χ1v) is 9.69. The molecule has 1 unspecified atom stereocenters. The van der Waals surface area contributed by atoms with E-state index in [1.807, 2.05) is 25.2 Å². The van der Waals surface area contributed by atoms with Gasteiger partial charge >= 0.3 is 0 Å². The SMILES string of the molecule is Cc1ccc(S(=O)(=O)n2ccc3c2C(O)CC2=C(C=C3)CC=C2)cc1. The van der Waals surface area contributed by atoms with E-state index in [0.29, 0.717) is 12.1 Å². The van der Waals surface area contributed by atoms with E-state index in [-0.39, 0.29) is 4.90 Å². The lowest BCUT2D eigenvalue weighted by Crippen LogP contribution is -2.18. The predicted molar refractivity (Wildman–Crippen MR) is 97.6 cm³/mol. The number of rotatable bonds is 2. The molecule has 2 aromatic rings. The molecule has 25 heavy (non-hydrogen) atoms. The lowest BCUT2D eigenvalue weighted by molar-refractivity contribution is 0.173. The zero-order chi connectivity index (χ0) is 17.6. The maximum absolute atomic E-state index is 13.1. The van der Waals surface area contributed by atoms with E-state index in [2.05, 4.69) is 6.08 Å². The molecule has 1 N–H and O–H groups in total. The molecule has 0 saturated carbocycles. The van der Waals surface area contributed by atoms with E-state index < -0.39 is 16.1 Å². The van der Waals surface area contributed by atoms with Crippen LogP contribution in [-0.4, -0.2) is 17.5 Å². The summed E-state index contributed by atoms with van der Waals surface area (Å²) in [5.41, 5.74) is 4.40. The summed E-state index contributed by atoms with van der Waals surface area (Å²) in [7, 11) is -3.75. The Morgan fingerprint density at radius 1 is 1.04 bits per heavy atom. The van der Waals surface area contributed by atoms with Crippen LogP contribution in [-0.2, 0) is 10.0 Å². The van der Waals surface area contributed by atoms with Crippen LogP contribution in [0.1, 0.15) is 35.8 Å². The van der Waals surface area contributed by atoms with E-state index in [4.69, 9.17) is 0 Å². The average molecular weight is 353 g/mol. The smallest absolute Gasteiger partial charge is 0.267 e. The summed E-state index contributed by atoms with van der Waals surface area (Å²) in [6.07, 6.45) is 9.91. The summed E-state index contributed by atoms with van der Waals surface area (Å²) < 4.78 is 27.3. The van der Waals surface area contributed by atoms with Gasteiger partial charge in [0.2, 0.25) is 0 Å². The van der Waals surface area contributed by atoms with Gasteiger partial charge in [-0.2, -0.15) is 0 Å². The molecule has 1 atom stereocenters. The van der Waals surface area contributed by atoms with Crippen LogP contribution in [0.4, 0.5) is 0 Å². The number of fused-ring (bicyclic) bond motifs is 1. The second-order valence-corrected chi connectivity index (χ2v) is 8.30. The van der Waals surface area contributed by atoms with Crippen molar-refractivity contribution < 1.29 is 13.5 Å². The number of benzene rings is 1. The van der Waals surface area contributed by atoms with Gasteiger partial charge in [-0.25, -0.2) is 12.4 Å². The molecule has 1 aromatic heterocycles. The molecular weight excluding hydrogens is 334 g/mol. The molecule has 4 nitrogen and oxygen atoms in total. The molecule has 0 spiro atoms. The van der Waals surface area contributed by atoms with Gasteiger partial charge in [0, 0.05) is 12.6 Å². The maximum Gasteiger partial charge on any atom is 0.267 e. The molecule has 2 aliphatic carbocycles. The van der Waals surface area contributed by atoms with Crippen LogP contribution in [0.15, 0.2) is 70.8 Å². The van der Waals surface area contributed by atoms with E-state index in [1.54, 1.807) is 30.3 Å². The fourth-order valence-electron chi connectivity index (χ4n) is 3.39. The van der Waals surface area contributed by atoms with Crippen LogP contribution in [0.25, 0.3) is 6.08 Å². The van der Waals surface area contributed by atoms with Gasteiger partial charge in [-0.3, -0.25) is 0 Å². The fraction of sp³-hybridized carbons (Fsp3) is 0.200. The lowest BCUT2D eigenvalue weighted by Gasteiger charge is -2.19. The molecule has 0 saturated heterocycles. The van der Waals surface area contributed by atoms with Crippen molar-refractivity contribution in [3.05, 3.63) is 82.7 Å². The zero-order valence-corrected chi connectivity index (χ0v) is 14.7. The Balaban J connectivity index is 1.82. The quantitative estimate of drug-likeness (QED) is 0.895. The molecule has 5 heteroatoms. The number of hydrogen-bond acceptors (Lipinski definition) is 3. The summed E-state index contributed by atoms with van der Waals surface area (Å²) in [5, 5.41) is 10.8. The minimum Gasteiger partial charge on any atom is -0.386 e. The molecule has 0 fully saturated rings. The molecule has 0 amide bonds. The number of aliphatic hydroxyl groups is 1. The Kier molecular flexibility index (Phi) is 3.78. The van der Waals surface area contributed by atoms with Crippen molar-refractivity contribution in [2.75, 3.05) is 0 Å². The lowest BCUT2D eigenvalue weighted by atomic mass is 9.97.